The van der Waals surface area contributed by atoms with Gasteiger partial charge >= 0.3 is 75.6 Å². The van der Waals surface area contributed by atoms with Crippen LogP contribution in [0.2, 0.25) is 5.32 Å². The third kappa shape index (κ3) is 10.2. The van der Waals surface area contributed by atoms with E-state index in [2.05, 4.69) is 11.9 Å². The first-order valence-electron chi connectivity index (χ1n) is 4.08. The standard InChI is InChI=1S/C9H18OSe/c1-4-5-7-11-8-6-9(2,3)10/h6,8,10H,4-5,7H2,1-3H3/b8-6-. The molecule has 0 aliphatic rings. The summed E-state index contributed by atoms with van der Waals surface area (Å²) in [4.78, 5) is 2.13. The van der Waals surface area contributed by atoms with Crippen LogP contribution in [-0.4, -0.2) is 25.7 Å². The zero-order valence-electron chi connectivity index (χ0n) is 7.63. The van der Waals surface area contributed by atoms with Gasteiger partial charge in [0.2, 0.25) is 0 Å². The Labute approximate surface area is 76.0 Å². The van der Waals surface area contributed by atoms with Crippen molar-refractivity contribution in [1.29, 1.82) is 0 Å². The quantitative estimate of drug-likeness (QED) is 0.557. The van der Waals surface area contributed by atoms with Gasteiger partial charge < -0.3 is 0 Å². The van der Waals surface area contributed by atoms with Gasteiger partial charge in [0.25, 0.3) is 0 Å². The summed E-state index contributed by atoms with van der Waals surface area (Å²) in [7, 11) is 0. The van der Waals surface area contributed by atoms with Crippen LogP contribution in [-0.2, 0) is 0 Å². The molecule has 0 unspecified atom stereocenters. The van der Waals surface area contributed by atoms with Crippen LogP contribution in [0.1, 0.15) is 33.6 Å². The Hall–Kier alpha value is 0.219. The number of hydrogen-bond acceptors (Lipinski definition) is 1. The zero-order valence-corrected chi connectivity index (χ0v) is 9.34. The van der Waals surface area contributed by atoms with Crippen LogP contribution in [0.5, 0.6) is 0 Å². The van der Waals surface area contributed by atoms with Crippen molar-refractivity contribution in [1.82, 2.24) is 0 Å². The Bertz CT molecular complexity index is 113. The predicted octanol–water partition coefficient (Wildman–Crippen LogP) is 2.19. The van der Waals surface area contributed by atoms with Gasteiger partial charge in [-0.05, 0) is 0 Å². The van der Waals surface area contributed by atoms with Crippen molar-refractivity contribution < 1.29 is 5.11 Å². The summed E-state index contributed by atoms with van der Waals surface area (Å²) in [5.41, 5.74) is -0.617. The van der Waals surface area contributed by atoms with E-state index in [0.717, 1.165) is 0 Å². The second-order valence-electron chi connectivity index (χ2n) is 3.18. The van der Waals surface area contributed by atoms with Crippen molar-refractivity contribution in [2.24, 2.45) is 0 Å². The molecule has 1 N–H and O–H groups in total. The third-order valence-corrected chi connectivity index (χ3v) is 2.98. The fraction of sp³-hybridized carbons (Fsp3) is 0.778. The fourth-order valence-electron chi connectivity index (χ4n) is 0.510. The first-order valence-corrected chi connectivity index (χ1v) is 6.28. The zero-order chi connectivity index (χ0) is 8.74. The molecule has 0 atom stereocenters. The van der Waals surface area contributed by atoms with Crippen LogP contribution < -0.4 is 0 Å². The van der Waals surface area contributed by atoms with E-state index in [-0.39, 0.29) is 0 Å². The van der Waals surface area contributed by atoms with Gasteiger partial charge in [-0.2, -0.15) is 0 Å². The van der Waals surface area contributed by atoms with Gasteiger partial charge in [-0.15, -0.1) is 0 Å². The van der Waals surface area contributed by atoms with Gasteiger partial charge in [0, 0.05) is 0 Å². The van der Waals surface area contributed by atoms with Crippen LogP contribution in [0.3, 0.4) is 0 Å². The number of unbranched alkanes of at least 4 members (excludes halogenated alkanes) is 1. The molecule has 0 heterocycles. The molecule has 0 amide bonds. The average molecular weight is 221 g/mol. The molecular weight excluding hydrogens is 203 g/mol. The summed E-state index contributed by atoms with van der Waals surface area (Å²) in [5, 5.41) is 10.6. The molecule has 0 rings (SSSR count). The molecule has 0 aliphatic heterocycles. The second kappa shape index (κ2) is 5.82. The first kappa shape index (κ1) is 11.2. The van der Waals surface area contributed by atoms with Gasteiger partial charge in [0.05, 0.1) is 0 Å². The van der Waals surface area contributed by atoms with Crippen LogP contribution in [0, 0.1) is 0 Å². The Morgan fingerprint density at radius 1 is 1.45 bits per heavy atom. The van der Waals surface area contributed by atoms with Gasteiger partial charge in [-0.1, -0.05) is 0 Å². The summed E-state index contributed by atoms with van der Waals surface area (Å²) < 4.78 is 0. The van der Waals surface area contributed by atoms with E-state index in [1.54, 1.807) is 13.8 Å². The molecule has 0 radical (unpaired) electrons. The van der Waals surface area contributed by atoms with Crippen LogP contribution in [0.25, 0.3) is 0 Å². The number of aliphatic hydroxyl groups is 1. The third-order valence-electron chi connectivity index (χ3n) is 1.19. The van der Waals surface area contributed by atoms with E-state index >= 15 is 0 Å². The average Bonchev–Trinajstić information content (AvgIpc) is 1.85. The topological polar surface area (TPSA) is 20.2 Å². The van der Waals surface area contributed by atoms with E-state index in [1.807, 2.05) is 6.08 Å². The minimum atomic E-state index is -0.617. The van der Waals surface area contributed by atoms with Crippen LogP contribution >= 0.6 is 0 Å². The molecule has 0 fully saturated rings. The molecule has 0 aliphatic carbocycles. The van der Waals surface area contributed by atoms with E-state index in [4.69, 9.17) is 0 Å². The van der Waals surface area contributed by atoms with Crippen LogP contribution in [0.15, 0.2) is 11.1 Å². The van der Waals surface area contributed by atoms with E-state index in [0.29, 0.717) is 15.0 Å². The summed E-state index contributed by atoms with van der Waals surface area (Å²) in [6.07, 6.45) is 4.48. The Morgan fingerprint density at radius 2 is 2.09 bits per heavy atom. The minimum absolute atomic E-state index is 0.593. The van der Waals surface area contributed by atoms with Crippen molar-refractivity contribution in [3.05, 3.63) is 11.1 Å². The number of hydrogen-bond donors (Lipinski definition) is 1. The van der Waals surface area contributed by atoms with E-state index in [1.165, 1.54) is 18.2 Å². The number of rotatable bonds is 5. The van der Waals surface area contributed by atoms with Crippen LogP contribution in [0.4, 0.5) is 0 Å². The summed E-state index contributed by atoms with van der Waals surface area (Å²) >= 11 is 0.593. The molecule has 0 saturated carbocycles. The van der Waals surface area contributed by atoms with E-state index in [9.17, 15) is 5.11 Å². The predicted molar refractivity (Wildman–Crippen MR) is 50.9 cm³/mol. The Morgan fingerprint density at radius 3 is 2.55 bits per heavy atom. The SMILES string of the molecule is CCCC[Se]/C=C\C(C)(C)O. The molecule has 0 aromatic carbocycles. The molecule has 0 spiro atoms. The molecule has 0 bridgehead atoms. The van der Waals surface area contributed by atoms with E-state index < -0.39 is 5.60 Å². The maximum absolute atomic E-state index is 9.30. The first-order chi connectivity index (χ1) is 5.06. The van der Waals surface area contributed by atoms with Gasteiger partial charge in [0.1, 0.15) is 0 Å². The molecule has 0 aromatic heterocycles. The fourth-order valence-corrected chi connectivity index (χ4v) is 2.65. The van der Waals surface area contributed by atoms with Crippen molar-refractivity contribution in [3.63, 3.8) is 0 Å². The molecule has 1 nitrogen and oxygen atoms in total. The molecule has 0 aromatic rings. The summed E-state index contributed by atoms with van der Waals surface area (Å²) in [6, 6.07) is 0. The molecular formula is C9H18OSe. The van der Waals surface area contributed by atoms with Crippen molar-refractivity contribution >= 4 is 15.0 Å². The molecule has 0 saturated heterocycles. The van der Waals surface area contributed by atoms with Gasteiger partial charge in [0.15, 0.2) is 0 Å². The Kier molecular flexibility index (Phi) is 5.93. The van der Waals surface area contributed by atoms with Crippen molar-refractivity contribution in [2.75, 3.05) is 0 Å². The van der Waals surface area contributed by atoms with Crippen molar-refractivity contribution in [3.8, 4) is 0 Å². The molecule has 11 heavy (non-hydrogen) atoms. The summed E-state index contributed by atoms with van der Waals surface area (Å²) in [6.45, 7) is 5.81. The second-order valence-corrected chi connectivity index (χ2v) is 5.31. The summed E-state index contributed by atoms with van der Waals surface area (Å²) in [5.74, 6) is 0. The van der Waals surface area contributed by atoms with Gasteiger partial charge in [-0.25, -0.2) is 0 Å². The molecule has 2 heteroatoms. The van der Waals surface area contributed by atoms with Gasteiger partial charge in [-0.3, -0.25) is 0 Å². The normalized spacial score (nSPS) is 12.7. The Balaban J connectivity index is 3.30. The monoisotopic (exact) mass is 222 g/mol. The molecule has 66 valence electrons. The maximum atomic E-state index is 9.30. The van der Waals surface area contributed by atoms with Crippen molar-refractivity contribution in [2.45, 2.75) is 44.5 Å².